The molecule has 0 saturated heterocycles. The second-order valence-electron chi connectivity index (χ2n) is 20.0. The van der Waals surface area contributed by atoms with Gasteiger partial charge in [0.2, 0.25) is 0 Å². The molecule has 0 N–H and O–H groups in total. The molecule has 0 atom stereocenters. The summed E-state index contributed by atoms with van der Waals surface area (Å²) < 4.78 is 0. The van der Waals surface area contributed by atoms with Crippen LogP contribution in [-0.4, -0.2) is 6.71 Å². The second-order valence-corrected chi connectivity index (χ2v) is 20.0. The lowest BCUT2D eigenvalue weighted by atomic mass is 9.33. The maximum absolute atomic E-state index is 4.06. The van der Waals surface area contributed by atoms with Crippen LogP contribution in [0.1, 0.15) is 104 Å². The molecular weight excluding hydrogens is 723 g/mol. The summed E-state index contributed by atoms with van der Waals surface area (Å²) in [5.41, 5.74) is 22.7. The Morgan fingerprint density at radius 1 is 0.550 bits per heavy atom. The van der Waals surface area contributed by atoms with Crippen molar-refractivity contribution in [2.45, 2.75) is 99.3 Å². The van der Waals surface area contributed by atoms with E-state index in [0.29, 0.717) is 0 Å². The van der Waals surface area contributed by atoms with Crippen molar-refractivity contribution in [3.05, 3.63) is 180 Å². The number of rotatable bonds is 6. The molecule has 0 fully saturated rings. The predicted molar refractivity (Wildman–Crippen MR) is 264 cm³/mol. The molecule has 6 aromatic rings. The van der Waals surface area contributed by atoms with Crippen LogP contribution in [0.5, 0.6) is 0 Å². The normalized spacial score (nSPS) is 14.2. The maximum Gasteiger partial charge on any atom is 0.252 e. The van der Waals surface area contributed by atoms with Gasteiger partial charge in [-0.15, -0.1) is 0 Å². The van der Waals surface area contributed by atoms with Crippen molar-refractivity contribution >= 4 is 62.8 Å². The molecule has 2 nitrogen and oxygen atoms in total. The zero-order valence-corrected chi connectivity index (χ0v) is 38.0. The van der Waals surface area contributed by atoms with Gasteiger partial charge in [0.15, 0.2) is 0 Å². The lowest BCUT2D eigenvalue weighted by Gasteiger charge is -2.45. The van der Waals surface area contributed by atoms with Crippen LogP contribution in [-0.2, 0) is 16.2 Å². The number of hydrogen-bond donors (Lipinski definition) is 0. The largest absolute Gasteiger partial charge is 0.311 e. The van der Waals surface area contributed by atoms with Crippen LogP contribution in [0.3, 0.4) is 0 Å². The molecule has 2 aliphatic rings. The maximum atomic E-state index is 4.06. The first-order valence-corrected chi connectivity index (χ1v) is 21.7. The van der Waals surface area contributed by atoms with Crippen LogP contribution < -0.4 is 26.2 Å². The van der Waals surface area contributed by atoms with Gasteiger partial charge in [-0.3, -0.25) is 0 Å². The lowest BCUT2D eigenvalue weighted by molar-refractivity contribution is 0.590. The van der Waals surface area contributed by atoms with Crippen LogP contribution in [0.4, 0.5) is 34.1 Å². The zero-order valence-electron chi connectivity index (χ0n) is 38.0. The standard InChI is InChI=1S/C57H61BN2/c1-14-18-46(37(3)15-2)47-30-23-40(33-38(47)4)39-19-16-20-45(34-39)60-50-32-27-42(56(8,9)10)35-49(50)58-48-31-26-43(57(11,12)13)36-53(48)59(51-21-17-22-52(60)54(51)58)44-28-24-41(25-29-44)55(5,6)7/h14-36H,2H2,1,3-13H3/b18-14-,46-37+. The monoisotopic (exact) mass is 784 g/mol. The van der Waals surface area contributed by atoms with E-state index >= 15 is 0 Å². The third kappa shape index (κ3) is 7.17. The van der Waals surface area contributed by atoms with Gasteiger partial charge >= 0.3 is 0 Å². The molecule has 6 aromatic carbocycles. The van der Waals surface area contributed by atoms with Gasteiger partial charge in [0.25, 0.3) is 6.71 Å². The Morgan fingerprint density at radius 2 is 1.13 bits per heavy atom. The Hall–Kier alpha value is -5.80. The molecule has 8 rings (SSSR count). The summed E-state index contributed by atoms with van der Waals surface area (Å²) in [5, 5.41) is 0. The van der Waals surface area contributed by atoms with Gasteiger partial charge < -0.3 is 9.80 Å². The first-order chi connectivity index (χ1) is 28.4. The quantitative estimate of drug-likeness (QED) is 0.122. The van der Waals surface area contributed by atoms with Crippen LogP contribution in [0, 0.1) is 6.92 Å². The van der Waals surface area contributed by atoms with Crippen molar-refractivity contribution < 1.29 is 0 Å². The highest BCUT2D eigenvalue weighted by Gasteiger charge is 2.44. The minimum Gasteiger partial charge on any atom is -0.311 e. The van der Waals surface area contributed by atoms with Gasteiger partial charge in [0, 0.05) is 34.1 Å². The van der Waals surface area contributed by atoms with Gasteiger partial charge in [0.1, 0.15) is 0 Å². The lowest BCUT2D eigenvalue weighted by Crippen LogP contribution is -2.61. The average Bonchev–Trinajstić information content (AvgIpc) is 3.21. The smallest absolute Gasteiger partial charge is 0.252 e. The SMILES string of the molecule is C=C/C(C)=C(\C=C/C)c1ccc(-c2cccc(N3c4ccc(C(C)(C)C)cc4B4c5ccc(C(C)(C)C)cc5N(c5ccc(C(C)(C)C)cc5)c5cccc3c54)c2)cc1C. The van der Waals surface area contributed by atoms with Gasteiger partial charge in [0.05, 0.1) is 0 Å². The van der Waals surface area contributed by atoms with Crippen LogP contribution >= 0.6 is 0 Å². The van der Waals surface area contributed by atoms with Crippen molar-refractivity contribution in [2.75, 3.05) is 9.80 Å². The molecular formula is C57H61BN2. The number of aryl methyl sites for hydroxylation is 1. The number of anilines is 6. The number of fused-ring (bicyclic) bond motifs is 4. The minimum absolute atomic E-state index is 0.000446. The van der Waals surface area contributed by atoms with Gasteiger partial charge in [-0.05, 0) is 152 Å². The van der Waals surface area contributed by atoms with E-state index in [-0.39, 0.29) is 23.0 Å². The summed E-state index contributed by atoms with van der Waals surface area (Å²) in [7, 11) is 0. The molecule has 3 heteroatoms. The fourth-order valence-corrected chi connectivity index (χ4v) is 9.22. The van der Waals surface area contributed by atoms with Gasteiger partial charge in [-0.1, -0.05) is 160 Å². The highest BCUT2D eigenvalue weighted by molar-refractivity contribution is 7.00. The highest BCUT2D eigenvalue weighted by atomic mass is 15.2. The molecule has 0 bridgehead atoms. The van der Waals surface area contributed by atoms with Crippen LogP contribution in [0.25, 0.3) is 16.7 Å². The molecule has 60 heavy (non-hydrogen) atoms. The third-order valence-corrected chi connectivity index (χ3v) is 12.7. The van der Waals surface area contributed by atoms with E-state index in [2.05, 4.69) is 233 Å². The van der Waals surface area contributed by atoms with Crippen LogP contribution in [0.2, 0.25) is 0 Å². The predicted octanol–water partition coefficient (Wildman–Crippen LogP) is 14.2. The van der Waals surface area contributed by atoms with Crippen LogP contribution in [0.15, 0.2) is 152 Å². The molecule has 0 spiro atoms. The number of allylic oxidation sites excluding steroid dienone is 5. The van der Waals surface area contributed by atoms with Gasteiger partial charge in [-0.25, -0.2) is 0 Å². The first-order valence-electron chi connectivity index (χ1n) is 21.7. The Bertz CT molecular complexity index is 2710. The van der Waals surface area contributed by atoms with Crippen molar-refractivity contribution in [3.63, 3.8) is 0 Å². The molecule has 0 aliphatic carbocycles. The molecule has 2 heterocycles. The molecule has 0 amide bonds. The average molecular weight is 785 g/mol. The zero-order chi connectivity index (χ0) is 42.9. The van der Waals surface area contributed by atoms with Crippen molar-refractivity contribution in [2.24, 2.45) is 0 Å². The Balaban J connectivity index is 1.36. The minimum atomic E-state index is -0.00972. The van der Waals surface area contributed by atoms with E-state index in [9.17, 15) is 0 Å². The fourth-order valence-electron chi connectivity index (χ4n) is 9.22. The first kappa shape index (κ1) is 41.0. The van der Waals surface area contributed by atoms with Crippen molar-refractivity contribution in [3.8, 4) is 11.1 Å². The molecule has 302 valence electrons. The number of hydrogen-bond acceptors (Lipinski definition) is 2. The Kier molecular flexibility index (Phi) is 10.3. The van der Waals surface area contributed by atoms with E-state index in [1.54, 1.807) is 0 Å². The Morgan fingerprint density at radius 3 is 1.75 bits per heavy atom. The summed E-state index contributed by atoms with van der Waals surface area (Å²) in [4.78, 5) is 5.06. The van der Waals surface area contributed by atoms with E-state index < -0.39 is 0 Å². The third-order valence-electron chi connectivity index (χ3n) is 12.7. The summed E-state index contributed by atoms with van der Waals surface area (Å²) in [6, 6.07) is 46.7. The summed E-state index contributed by atoms with van der Waals surface area (Å²) in [6.45, 7) is 31.4. The molecule has 0 saturated carbocycles. The molecule has 0 radical (unpaired) electrons. The van der Waals surface area contributed by atoms with E-state index in [0.717, 1.165) is 5.69 Å². The summed E-state index contributed by atoms with van der Waals surface area (Å²) in [6.07, 6.45) is 6.25. The fraction of sp³-hybridized carbons (Fsp3) is 0.263. The molecule has 0 unspecified atom stereocenters. The number of nitrogens with zero attached hydrogens (tertiary/aromatic N) is 2. The van der Waals surface area contributed by atoms with E-state index in [1.807, 2.05) is 6.08 Å². The summed E-state index contributed by atoms with van der Waals surface area (Å²) in [5.74, 6) is 0. The topological polar surface area (TPSA) is 6.48 Å². The Labute approximate surface area is 361 Å². The second kappa shape index (κ2) is 15.0. The van der Waals surface area contributed by atoms with Crippen molar-refractivity contribution in [1.29, 1.82) is 0 Å². The van der Waals surface area contributed by atoms with Crippen molar-refractivity contribution in [1.82, 2.24) is 0 Å². The molecule has 2 aliphatic heterocycles. The molecule has 0 aromatic heterocycles. The van der Waals surface area contributed by atoms with Gasteiger partial charge in [-0.2, -0.15) is 0 Å². The van der Waals surface area contributed by atoms with E-state index in [1.165, 1.54) is 94.9 Å². The van der Waals surface area contributed by atoms with E-state index in [4.69, 9.17) is 0 Å². The number of benzene rings is 6. The summed E-state index contributed by atoms with van der Waals surface area (Å²) >= 11 is 0. The highest BCUT2D eigenvalue weighted by Crippen LogP contribution is 2.46.